The van der Waals surface area contributed by atoms with Gasteiger partial charge in [0.25, 0.3) is 0 Å². The zero-order valence-electron chi connectivity index (χ0n) is 15.9. The Labute approximate surface area is 167 Å². The first-order valence-electron chi connectivity index (χ1n) is 9.11. The zero-order valence-corrected chi connectivity index (χ0v) is 15.9. The van der Waals surface area contributed by atoms with Gasteiger partial charge in [0.15, 0.2) is 0 Å². The van der Waals surface area contributed by atoms with Crippen LogP contribution in [-0.4, -0.2) is 43.2 Å². The van der Waals surface area contributed by atoms with Crippen molar-refractivity contribution in [2.24, 2.45) is 11.8 Å². The van der Waals surface area contributed by atoms with Crippen molar-refractivity contribution >= 4 is 23.5 Å². The summed E-state index contributed by atoms with van der Waals surface area (Å²) in [7, 11) is 3.01. The van der Waals surface area contributed by atoms with Crippen LogP contribution >= 0.6 is 0 Å². The lowest BCUT2D eigenvalue weighted by atomic mass is 9.86. The second kappa shape index (κ2) is 7.21. The second-order valence-corrected chi connectivity index (χ2v) is 6.97. The Morgan fingerprint density at radius 2 is 1.69 bits per heavy atom. The first-order chi connectivity index (χ1) is 14.0. The smallest absolute Gasteiger partial charge is 0.321 e. The van der Waals surface area contributed by atoms with Crippen molar-refractivity contribution in [2.75, 3.05) is 19.1 Å². The molecule has 4 atom stereocenters. The van der Waals surface area contributed by atoms with Gasteiger partial charge in [-0.3, -0.25) is 19.7 Å². The maximum atomic E-state index is 13.3. The van der Waals surface area contributed by atoms with Gasteiger partial charge in [-0.1, -0.05) is 24.3 Å². The monoisotopic (exact) mass is 396 g/mol. The van der Waals surface area contributed by atoms with Crippen LogP contribution in [-0.2, 0) is 14.4 Å². The normalized spacial score (nSPS) is 25.8. The fourth-order valence-corrected chi connectivity index (χ4v) is 4.23. The molecule has 0 aliphatic carbocycles. The van der Waals surface area contributed by atoms with E-state index in [9.17, 15) is 19.5 Å². The molecule has 2 aliphatic rings. The number of nitrogens with zero attached hydrogens (tertiary/aromatic N) is 1. The van der Waals surface area contributed by atoms with E-state index < -0.39 is 41.7 Å². The van der Waals surface area contributed by atoms with E-state index in [4.69, 9.17) is 9.47 Å². The molecule has 150 valence electrons. The van der Waals surface area contributed by atoms with Crippen LogP contribution in [0, 0.1) is 11.8 Å². The SMILES string of the molecule is COc1ccc(C2NC(C(=O)O)C3C(=O)N(c4ccccc4)C(=O)C23)c(OC)c1. The highest BCUT2D eigenvalue weighted by Gasteiger charge is 2.61. The molecule has 0 spiro atoms. The highest BCUT2D eigenvalue weighted by molar-refractivity contribution is 6.23. The van der Waals surface area contributed by atoms with Crippen molar-refractivity contribution in [1.82, 2.24) is 5.32 Å². The average Bonchev–Trinajstić information content (AvgIpc) is 3.25. The molecule has 2 amide bonds. The number of hydrogen-bond acceptors (Lipinski definition) is 6. The Bertz CT molecular complexity index is 976. The molecule has 0 saturated carbocycles. The van der Waals surface area contributed by atoms with Crippen LogP contribution in [0.5, 0.6) is 11.5 Å². The fourth-order valence-electron chi connectivity index (χ4n) is 4.23. The van der Waals surface area contributed by atoms with Crippen molar-refractivity contribution in [3.05, 3.63) is 54.1 Å². The highest BCUT2D eigenvalue weighted by atomic mass is 16.5. The summed E-state index contributed by atoms with van der Waals surface area (Å²) in [5, 5.41) is 12.7. The van der Waals surface area contributed by atoms with Crippen LogP contribution in [0.15, 0.2) is 48.5 Å². The number of hydrogen-bond donors (Lipinski definition) is 2. The van der Waals surface area contributed by atoms with Crippen LogP contribution in [0.4, 0.5) is 5.69 Å². The Morgan fingerprint density at radius 3 is 2.31 bits per heavy atom. The van der Waals surface area contributed by atoms with E-state index >= 15 is 0 Å². The van der Waals surface area contributed by atoms with Crippen LogP contribution < -0.4 is 19.7 Å². The minimum Gasteiger partial charge on any atom is -0.497 e. The Morgan fingerprint density at radius 1 is 1.00 bits per heavy atom. The number of carbonyl (C=O) groups is 3. The molecule has 2 aromatic rings. The lowest BCUT2D eigenvalue weighted by molar-refractivity contribution is -0.142. The van der Waals surface area contributed by atoms with E-state index in [2.05, 4.69) is 5.32 Å². The minimum absolute atomic E-state index is 0.426. The quantitative estimate of drug-likeness (QED) is 0.740. The predicted molar refractivity (Wildman–Crippen MR) is 103 cm³/mol. The third-order valence-corrected chi connectivity index (χ3v) is 5.53. The van der Waals surface area contributed by atoms with Gasteiger partial charge in [0, 0.05) is 17.7 Å². The molecule has 2 N–H and O–H groups in total. The number of ether oxygens (including phenoxy) is 2. The highest BCUT2D eigenvalue weighted by Crippen LogP contribution is 2.47. The number of nitrogens with one attached hydrogen (secondary N) is 1. The van der Waals surface area contributed by atoms with Crippen LogP contribution in [0.2, 0.25) is 0 Å². The van der Waals surface area contributed by atoms with E-state index in [-0.39, 0.29) is 0 Å². The number of amides is 2. The number of rotatable bonds is 5. The van der Waals surface area contributed by atoms with Crippen molar-refractivity contribution in [1.29, 1.82) is 0 Å². The molecule has 2 aromatic carbocycles. The molecule has 2 saturated heterocycles. The van der Waals surface area contributed by atoms with E-state index in [1.54, 1.807) is 48.5 Å². The van der Waals surface area contributed by atoms with Crippen LogP contribution in [0.25, 0.3) is 0 Å². The zero-order chi connectivity index (χ0) is 20.7. The number of carbonyl (C=O) groups excluding carboxylic acids is 2. The predicted octanol–water partition coefficient (Wildman–Crippen LogP) is 1.61. The fraction of sp³-hybridized carbons (Fsp3) is 0.286. The maximum absolute atomic E-state index is 13.3. The van der Waals surface area contributed by atoms with Crippen LogP contribution in [0.3, 0.4) is 0 Å². The van der Waals surface area contributed by atoms with E-state index in [0.29, 0.717) is 22.7 Å². The van der Waals surface area contributed by atoms with E-state index in [1.807, 2.05) is 0 Å². The van der Waals surface area contributed by atoms with Gasteiger partial charge in [0.05, 0.1) is 31.7 Å². The molecule has 0 aromatic heterocycles. The van der Waals surface area contributed by atoms with Gasteiger partial charge >= 0.3 is 5.97 Å². The first-order valence-corrected chi connectivity index (χ1v) is 9.11. The van der Waals surface area contributed by atoms with Gasteiger partial charge in [0.2, 0.25) is 11.8 Å². The summed E-state index contributed by atoms with van der Waals surface area (Å²) in [5.74, 6) is -2.96. The molecule has 29 heavy (non-hydrogen) atoms. The third-order valence-electron chi connectivity index (χ3n) is 5.53. The number of carboxylic acid groups (broad SMARTS) is 1. The van der Waals surface area contributed by atoms with Crippen molar-refractivity contribution < 1.29 is 29.0 Å². The number of para-hydroxylation sites is 1. The number of methoxy groups -OCH3 is 2. The molecular weight excluding hydrogens is 376 g/mol. The van der Waals surface area contributed by atoms with Gasteiger partial charge in [-0.15, -0.1) is 0 Å². The summed E-state index contributed by atoms with van der Waals surface area (Å²) in [6.07, 6.45) is 0. The van der Waals surface area contributed by atoms with Crippen LogP contribution in [0.1, 0.15) is 11.6 Å². The molecule has 4 rings (SSSR count). The van der Waals surface area contributed by atoms with E-state index in [1.165, 1.54) is 14.2 Å². The molecule has 2 fully saturated rings. The molecular formula is C21H20N2O6. The number of aliphatic carboxylic acids is 1. The summed E-state index contributed by atoms with van der Waals surface area (Å²) in [6.45, 7) is 0. The Balaban J connectivity index is 1.79. The summed E-state index contributed by atoms with van der Waals surface area (Å²) in [4.78, 5) is 39.3. The standard InChI is InChI=1S/C21H20N2O6/c1-28-12-8-9-13(14(10-12)29-2)17-15-16(18(22-17)21(26)27)20(25)23(19(15)24)11-6-4-3-5-7-11/h3-10,15-18,22H,1-2H3,(H,26,27). The molecule has 4 unspecified atom stereocenters. The third kappa shape index (κ3) is 2.92. The number of benzene rings is 2. The van der Waals surface area contributed by atoms with Crippen molar-refractivity contribution in [3.63, 3.8) is 0 Å². The Hall–Kier alpha value is -3.39. The van der Waals surface area contributed by atoms with E-state index in [0.717, 1.165) is 4.90 Å². The molecule has 2 aliphatic heterocycles. The van der Waals surface area contributed by atoms with Crippen molar-refractivity contribution in [3.8, 4) is 11.5 Å². The summed E-state index contributed by atoms with van der Waals surface area (Å²) in [6, 6.07) is 11.8. The van der Waals surface area contributed by atoms with Gasteiger partial charge in [-0.2, -0.15) is 0 Å². The summed E-state index contributed by atoms with van der Waals surface area (Å²) >= 11 is 0. The summed E-state index contributed by atoms with van der Waals surface area (Å²) in [5.41, 5.74) is 1.03. The molecule has 8 nitrogen and oxygen atoms in total. The largest absolute Gasteiger partial charge is 0.497 e. The topological polar surface area (TPSA) is 105 Å². The summed E-state index contributed by atoms with van der Waals surface area (Å²) < 4.78 is 10.7. The van der Waals surface area contributed by atoms with Gasteiger partial charge in [-0.05, 0) is 18.2 Å². The molecule has 2 heterocycles. The molecule has 8 heteroatoms. The average molecular weight is 396 g/mol. The molecule has 0 bridgehead atoms. The van der Waals surface area contributed by atoms with Crippen molar-refractivity contribution in [2.45, 2.75) is 12.1 Å². The van der Waals surface area contributed by atoms with Gasteiger partial charge < -0.3 is 14.6 Å². The first kappa shape index (κ1) is 18.9. The minimum atomic E-state index is -1.18. The maximum Gasteiger partial charge on any atom is 0.321 e. The van der Waals surface area contributed by atoms with Gasteiger partial charge in [0.1, 0.15) is 17.5 Å². The van der Waals surface area contributed by atoms with Gasteiger partial charge in [-0.25, -0.2) is 4.90 Å². The second-order valence-electron chi connectivity index (χ2n) is 6.97. The number of anilines is 1. The number of fused-ring (bicyclic) bond motifs is 1. The lowest BCUT2D eigenvalue weighted by Crippen LogP contribution is -2.43. The Kier molecular flexibility index (Phi) is 4.71. The molecule has 0 radical (unpaired) electrons. The number of imide groups is 1. The lowest BCUT2D eigenvalue weighted by Gasteiger charge is -2.23. The number of carboxylic acids is 1.